The molecule has 2 aliphatic heterocycles. The van der Waals surface area contributed by atoms with Crippen LogP contribution in [-0.2, 0) is 4.74 Å². The zero-order valence-electron chi connectivity index (χ0n) is 25.8. The van der Waals surface area contributed by atoms with E-state index in [0.29, 0.717) is 28.9 Å². The highest BCUT2D eigenvalue weighted by Crippen LogP contribution is 2.71. The van der Waals surface area contributed by atoms with E-state index < -0.39 is 0 Å². The molecule has 0 aromatic rings. The smallest absolute Gasteiger partial charge is 0.122 e. The first-order chi connectivity index (χ1) is 18.2. The molecule has 38 heavy (non-hydrogen) atoms. The van der Waals surface area contributed by atoms with Gasteiger partial charge in [0.05, 0.1) is 6.10 Å². The van der Waals surface area contributed by atoms with Crippen LogP contribution in [0.4, 0.5) is 0 Å². The van der Waals surface area contributed by atoms with Crippen molar-refractivity contribution in [3.05, 3.63) is 0 Å². The molecule has 12 atom stereocenters. The topological polar surface area (TPSA) is 45.3 Å². The van der Waals surface area contributed by atoms with E-state index in [0.717, 1.165) is 54.6 Å². The summed E-state index contributed by atoms with van der Waals surface area (Å²) < 4.78 is 7.11. The molecular weight excluding hydrogens is 466 g/mol. The first-order valence-corrected chi connectivity index (χ1v) is 17.1. The number of piperidine rings is 1. The van der Waals surface area contributed by atoms with Crippen molar-refractivity contribution in [2.24, 2.45) is 52.3 Å². The van der Waals surface area contributed by atoms with E-state index in [2.05, 4.69) is 57.5 Å². The van der Waals surface area contributed by atoms with Gasteiger partial charge in [-0.1, -0.05) is 41.5 Å². The molecule has 6 rings (SSSR count). The summed E-state index contributed by atoms with van der Waals surface area (Å²) in [4.78, 5) is 0. The summed E-state index contributed by atoms with van der Waals surface area (Å²) in [5.41, 5.74) is 1.05. The maximum atomic E-state index is 7.11. The van der Waals surface area contributed by atoms with Crippen LogP contribution in [0.5, 0.6) is 0 Å². The Bertz CT molecular complexity index is 823. The predicted octanol–water partition coefficient (Wildman–Crippen LogP) is 6.74. The van der Waals surface area contributed by atoms with E-state index in [4.69, 9.17) is 4.74 Å². The normalized spacial score (nSPS) is 52.0. The van der Waals surface area contributed by atoms with Crippen LogP contribution >= 0.6 is 0 Å². The van der Waals surface area contributed by atoms with Gasteiger partial charge in [0.2, 0.25) is 0 Å². The molecule has 0 bridgehead atoms. The molecule has 0 amide bonds. The van der Waals surface area contributed by atoms with E-state index in [1.54, 1.807) is 0 Å². The lowest BCUT2D eigenvalue weighted by molar-refractivity contribution is -0.134. The van der Waals surface area contributed by atoms with Crippen LogP contribution in [0.2, 0.25) is 0 Å². The highest BCUT2D eigenvalue weighted by molar-refractivity contribution is 5.16. The van der Waals surface area contributed by atoms with Gasteiger partial charge in [-0.05, 0) is 136 Å². The lowest BCUT2D eigenvalue weighted by Crippen LogP contribution is -2.58. The number of hydrogen-bond acceptors (Lipinski definition) is 4. The highest BCUT2D eigenvalue weighted by atomic mass is 16.5. The van der Waals surface area contributed by atoms with Crippen molar-refractivity contribution in [2.75, 3.05) is 19.6 Å². The quantitative estimate of drug-likeness (QED) is 0.321. The van der Waals surface area contributed by atoms with Gasteiger partial charge in [0.1, 0.15) is 5.72 Å². The van der Waals surface area contributed by atoms with Crippen LogP contribution in [0.25, 0.3) is 0 Å². The van der Waals surface area contributed by atoms with Gasteiger partial charge in [-0.2, -0.15) is 0 Å². The number of nitrogens with one attached hydrogen (secondary N) is 3. The Labute approximate surface area is 235 Å². The van der Waals surface area contributed by atoms with Crippen molar-refractivity contribution in [1.29, 1.82) is 0 Å². The largest absolute Gasteiger partial charge is 0.357 e. The lowest BCUT2D eigenvalue weighted by atomic mass is 9.44. The Morgan fingerprint density at radius 3 is 2.42 bits per heavy atom. The molecule has 12 unspecified atom stereocenters. The van der Waals surface area contributed by atoms with Crippen molar-refractivity contribution < 1.29 is 4.74 Å². The first kappa shape index (κ1) is 28.0. The van der Waals surface area contributed by atoms with Crippen molar-refractivity contribution in [3.8, 4) is 0 Å². The number of unbranched alkanes of at least 4 members (excludes halogenated alkanes) is 1. The average Bonchev–Trinajstić information content (AvgIpc) is 3.33. The third-order valence-corrected chi connectivity index (χ3v) is 13.7. The van der Waals surface area contributed by atoms with E-state index in [1.165, 1.54) is 83.6 Å². The zero-order chi connectivity index (χ0) is 26.7. The molecule has 6 fully saturated rings. The number of rotatable bonds is 7. The molecule has 2 heterocycles. The van der Waals surface area contributed by atoms with E-state index in [9.17, 15) is 0 Å². The second kappa shape index (κ2) is 10.6. The predicted molar refractivity (Wildman–Crippen MR) is 158 cm³/mol. The molecular formula is C34H61N3O. The molecule has 4 saturated carbocycles. The van der Waals surface area contributed by atoms with Gasteiger partial charge < -0.3 is 15.4 Å². The molecule has 4 heteroatoms. The van der Waals surface area contributed by atoms with Gasteiger partial charge in [-0.3, -0.25) is 5.32 Å². The van der Waals surface area contributed by atoms with Crippen LogP contribution in [0, 0.1) is 52.3 Å². The molecule has 4 aliphatic carbocycles. The fraction of sp³-hybridized carbons (Fsp3) is 1.00. The Morgan fingerprint density at radius 2 is 1.66 bits per heavy atom. The Morgan fingerprint density at radius 1 is 0.868 bits per heavy atom. The minimum Gasteiger partial charge on any atom is -0.357 e. The summed E-state index contributed by atoms with van der Waals surface area (Å²) >= 11 is 0. The van der Waals surface area contributed by atoms with Crippen LogP contribution in [-0.4, -0.2) is 43.5 Å². The molecule has 6 aliphatic rings. The van der Waals surface area contributed by atoms with Crippen molar-refractivity contribution in [2.45, 2.75) is 143 Å². The Kier molecular flexibility index (Phi) is 7.80. The van der Waals surface area contributed by atoms with Gasteiger partial charge in [0, 0.05) is 24.5 Å². The molecule has 2 saturated heterocycles. The summed E-state index contributed by atoms with van der Waals surface area (Å²) in [5.74, 6) is 5.95. The summed E-state index contributed by atoms with van der Waals surface area (Å²) in [6.07, 6.45) is 17.2. The molecule has 1 spiro atoms. The zero-order valence-corrected chi connectivity index (χ0v) is 25.8. The van der Waals surface area contributed by atoms with Crippen LogP contribution in [0.1, 0.15) is 119 Å². The van der Waals surface area contributed by atoms with Crippen molar-refractivity contribution >= 4 is 0 Å². The minimum atomic E-state index is -0.0212. The van der Waals surface area contributed by atoms with Gasteiger partial charge in [0.25, 0.3) is 0 Å². The SMILES string of the molecule is CC1CCC2(NC1)OC1CC3C4CCC5CC(NCCCCNC(C)C)CCC5(C)C4CCC3(C)C1C2C. The summed E-state index contributed by atoms with van der Waals surface area (Å²) in [7, 11) is 0. The fourth-order valence-electron chi connectivity index (χ4n) is 11.6. The Hall–Kier alpha value is -0.160. The van der Waals surface area contributed by atoms with Crippen LogP contribution in [0.15, 0.2) is 0 Å². The van der Waals surface area contributed by atoms with Crippen molar-refractivity contribution in [1.82, 2.24) is 16.0 Å². The highest BCUT2D eigenvalue weighted by Gasteiger charge is 2.68. The second-order valence-electron chi connectivity index (χ2n) is 16.1. The minimum absolute atomic E-state index is 0.0212. The number of hydrogen-bond donors (Lipinski definition) is 3. The molecule has 3 N–H and O–H groups in total. The van der Waals surface area contributed by atoms with Crippen molar-refractivity contribution in [3.63, 3.8) is 0 Å². The van der Waals surface area contributed by atoms with Crippen LogP contribution in [0.3, 0.4) is 0 Å². The monoisotopic (exact) mass is 527 g/mol. The second-order valence-corrected chi connectivity index (χ2v) is 16.1. The molecule has 0 aromatic heterocycles. The van der Waals surface area contributed by atoms with Gasteiger partial charge in [-0.15, -0.1) is 0 Å². The standard InChI is InChI=1S/C34H61N3O/c1-22(2)35-17-7-8-18-36-26-12-14-32(5)25(19-26)9-10-27-28(32)13-15-33(6)29(27)20-30-31(33)24(4)34(38-30)16-11-23(3)21-37-34/h22-31,35-37H,7-21H2,1-6H3. The Balaban J connectivity index is 1.07. The summed E-state index contributed by atoms with van der Waals surface area (Å²) in [6.45, 7) is 18.4. The maximum absolute atomic E-state index is 7.11. The average molecular weight is 528 g/mol. The lowest BCUT2D eigenvalue weighted by Gasteiger charge is -2.61. The first-order valence-electron chi connectivity index (χ1n) is 17.1. The van der Waals surface area contributed by atoms with E-state index >= 15 is 0 Å². The van der Waals surface area contributed by atoms with Gasteiger partial charge in [-0.25, -0.2) is 0 Å². The van der Waals surface area contributed by atoms with Gasteiger partial charge >= 0.3 is 0 Å². The fourth-order valence-corrected chi connectivity index (χ4v) is 11.6. The summed E-state index contributed by atoms with van der Waals surface area (Å²) in [6, 6.07) is 1.37. The number of fused-ring (bicyclic) bond motifs is 7. The number of ether oxygens (including phenoxy) is 1. The van der Waals surface area contributed by atoms with E-state index in [-0.39, 0.29) is 5.72 Å². The molecule has 0 radical (unpaired) electrons. The summed E-state index contributed by atoms with van der Waals surface area (Å²) in [5, 5.41) is 11.5. The molecule has 218 valence electrons. The third kappa shape index (κ3) is 4.64. The molecule has 4 nitrogen and oxygen atoms in total. The molecule has 0 aromatic carbocycles. The third-order valence-electron chi connectivity index (χ3n) is 13.7. The van der Waals surface area contributed by atoms with Gasteiger partial charge in [0.15, 0.2) is 0 Å². The van der Waals surface area contributed by atoms with E-state index in [1.807, 2.05) is 0 Å². The van der Waals surface area contributed by atoms with Crippen LogP contribution < -0.4 is 16.0 Å². The maximum Gasteiger partial charge on any atom is 0.122 e.